The van der Waals surface area contributed by atoms with Gasteiger partial charge in [0.25, 0.3) is 0 Å². The molecule has 2 amide bonds. The van der Waals surface area contributed by atoms with Crippen molar-refractivity contribution in [2.24, 2.45) is 0 Å². The van der Waals surface area contributed by atoms with Crippen LogP contribution in [0.5, 0.6) is 0 Å². The van der Waals surface area contributed by atoms with Gasteiger partial charge in [0, 0.05) is 43.4 Å². The fourth-order valence-electron chi connectivity index (χ4n) is 3.47. The zero-order chi connectivity index (χ0) is 21.7. The largest absolute Gasteiger partial charge is 0.346 e. The van der Waals surface area contributed by atoms with Gasteiger partial charge in [-0.25, -0.2) is 4.39 Å². The molecule has 1 saturated heterocycles. The van der Waals surface area contributed by atoms with Crippen molar-refractivity contribution in [3.8, 4) is 0 Å². The zero-order valence-corrected chi connectivity index (χ0v) is 17.9. The molecule has 6 nitrogen and oxygen atoms in total. The predicted molar refractivity (Wildman–Crippen MR) is 116 cm³/mol. The van der Waals surface area contributed by atoms with Crippen LogP contribution in [0.1, 0.15) is 17.2 Å². The minimum absolute atomic E-state index is 0.149. The van der Waals surface area contributed by atoms with Crippen molar-refractivity contribution in [2.45, 2.75) is 13.0 Å². The van der Waals surface area contributed by atoms with Gasteiger partial charge in [-0.3, -0.25) is 14.5 Å². The second kappa shape index (κ2) is 10.0. The molecule has 0 radical (unpaired) electrons. The summed E-state index contributed by atoms with van der Waals surface area (Å²) in [7, 11) is 2.06. The average molecular weight is 433 g/mol. The van der Waals surface area contributed by atoms with E-state index in [-0.39, 0.29) is 18.4 Å². The molecular weight excluding hydrogens is 407 g/mol. The molecule has 2 N–H and O–H groups in total. The van der Waals surface area contributed by atoms with E-state index < -0.39 is 11.8 Å². The highest BCUT2D eigenvalue weighted by Crippen LogP contribution is 2.23. The standard InChI is InChI=1S/C22H26ClFN4O2/c1-15-18(23)4-3-5-19(15)26-22(30)21(29)25-14-20(16-6-8-17(24)9-7-16)28-12-10-27(2)11-13-28/h3-9,20H,10-14H2,1-2H3,(H,25,29)(H,26,30)/t20-/m0/s1. The average Bonchev–Trinajstić information content (AvgIpc) is 2.73. The Hall–Kier alpha value is -2.48. The Bertz CT molecular complexity index is 899. The van der Waals surface area contributed by atoms with E-state index in [4.69, 9.17) is 11.6 Å². The lowest BCUT2D eigenvalue weighted by molar-refractivity contribution is -0.136. The van der Waals surface area contributed by atoms with Crippen molar-refractivity contribution < 1.29 is 14.0 Å². The van der Waals surface area contributed by atoms with Gasteiger partial charge in [0.05, 0.1) is 6.04 Å². The van der Waals surface area contributed by atoms with Crippen LogP contribution >= 0.6 is 11.6 Å². The summed E-state index contributed by atoms with van der Waals surface area (Å²) < 4.78 is 13.4. The first-order chi connectivity index (χ1) is 14.3. The normalized spacial score (nSPS) is 16.1. The minimum atomic E-state index is -0.753. The Labute approximate surface area is 181 Å². The van der Waals surface area contributed by atoms with Crippen LogP contribution in [0.2, 0.25) is 5.02 Å². The predicted octanol–water partition coefficient (Wildman–Crippen LogP) is 2.83. The topological polar surface area (TPSA) is 64.7 Å². The van der Waals surface area contributed by atoms with Crippen molar-refractivity contribution in [3.05, 3.63) is 64.4 Å². The van der Waals surface area contributed by atoms with Gasteiger partial charge in [0.1, 0.15) is 5.82 Å². The molecule has 0 unspecified atom stereocenters. The number of carbonyl (C=O) groups is 2. The number of carbonyl (C=O) groups excluding carboxylic acids is 2. The van der Waals surface area contributed by atoms with Gasteiger partial charge in [-0.1, -0.05) is 29.8 Å². The number of halogens is 2. The number of rotatable bonds is 5. The molecule has 1 atom stereocenters. The summed E-state index contributed by atoms with van der Waals surface area (Å²) >= 11 is 6.07. The van der Waals surface area contributed by atoms with Gasteiger partial charge in [0.15, 0.2) is 0 Å². The highest BCUT2D eigenvalue weighted by Gasteiger charge is 2.25. The Morgan fingerprint density at radius 2 is 1.73 bits per heavy atom. The van der Waals surface area contributed by atoms with E-state index >= 15 is 0 Å². The number of piperazine rings is 1. The van der Waals surface area contributed by atoms with Crippen LogP contribution in [-0.2, 0) is 9.59 Å². The van der Waals surface area contributed by atoms with Crippen LogP contribution < -0.4 is 10.6 Å². The van der Waals surface area contributed by atoms with Crippen molar-refractivity contribution in [3.63, 3.8) is 0 Å². The summed E-state index contributed by atoms with van der Waals surface area (Å²) in [5, 5.41) is 5.84. The van der Waals surface area contributed by atoms with Crippen LogP contribution in [0.15, 0.2) is 42.5 Å². The summed E-state index contributed by atoms with van der Waals surface area (Å²) in [4.78, 5) is 29.3. The maximum Gasteiger partial charge on any atom is 0.313 e. The summed E-state index contributed by atoms with van der Waals surface area (Å²) in [5.41, 5.74) is 2.09. The Balaban J connectivity index is 1.66. The van der Waals surface area contributed by atoms with E-state index in [0.717, 1.165) is 31.7 Å². The number of hydrogen-bond acceptors (Lipinski definition) is 4. The minimum Gasteiger partial charge on any atom is -0.346 e. The lowest BCUT2D eigenvalue weighted by Gasteiger charge is -2.38. The molecule has 30 heavy (non-hydrogen) atoms. The number of likely N-dealkylation sites (N-methyl/N-ethyl adjacent to an activating group) is 1. The first-order valence-electron chi connectivity index (χ1n) is 9.87. The summed E-state index contributed by atoms with van der Waals surface area (Å²) in [6.07, 6.45) is 0. The van der Waals surface area contributed by atoms with Gasteiger partial charge < -0.3 is 15.5 Å². The number of benzene rings is 2. The van der Waals surface area contributed by atoms with Gasteiger partial charge in [0.2, 0.25) is 0 Å². The zero-order valence-electron chi connectivity index (χ0n) is 17.1. The molecule has 0 aromatic heterocycles. The van der Waals surface area contributed by atoms with Crippen LogP contribution in [0.25, 0.3) is 0 Å². The highest BCUT2D eigenvalue weighted by atomic mass is 35.5. The molecule has 0 bridgehead atoms. The van der Waals surface area contributed by atoms with E-state index in [9.17, 15) is 14.0 Å². The first kappa shape index (κ1) is 22.2. The van der Waals surface area contributed by atoms with Crippen molar-refractivity contribution in [1.29, 1.82) is 0 Å². The third-order valence-electron chi connectivity index (χ3n) is 5.41. The Morgan fingerprint density at radius 3 is 2.40 bits per heavy atom. The van der Waals surface area contributed by atoms with E-state index in [0.29, 0.717) is 16.3 Å². The Morgan fingerprint density at radius 1 is 1.07 bits per heavy atom. The monoisotopic (exact) mass is 432 g/mol. The number of hydrogen-bond donors (Lipinski definition) is 2. The van der Waals surface area contributed by atoms with Gasteiger partial charge in [-0.2, -0.15) is 0 Å². The highest BCUT2D eigenvalue weighted by molar-refractivity contribution is 6.40. The molecule has 2 aromatic carbocycles. The van der Waals surface area contributed by atoms with Crippen LogP contribution in [0, 0.1) is 12.7 Å². The molecule has 1 aliphatic heterocycles. The third-order valence-corrected chi connectivity index (χ3v) is 5.82. The molecule has 2 aromatic rings. The molecule has 3 rings (SSSR count). The molecular formula is C22H26ClFN4O2. The van der Waals surface area contributed by atoms with E-state index in [1.807, 2.05) is 0 Å². The van der Waals surface area contributed by atoms with E-state index in [1.165, 1.54) is 12.1 Å². The van der Waals surface area contributed by atoms with E-state index in [1.54, 1.807) is 37.3 Å². The lowest BCUT2D eigenvalue weighted by atomic mass is 10.0. The molecule has 0 spiro atoms. The summed E-state index contributed by atoms with van der Waals surface area (Å²) in [6.45, 7) is 5.47. The van der Waals surface area contributed by atoms with Crippen LogP contribution in [0.3, 0.4) is 0 Å². The molecule has 0 aliphatic carbocycles. The second-order valence-corrected chi connectivity index (χ2v) is 7.89. The molecule has 8 heteroatoms. The Kier molecular flexibility index (Phi) is 7.42. The van der Waals surface area contributed by atoms with Crippen molar-refractivity contribution in [1.82, 2.24) is 15.1 Å². The third kappa shape index (κ3) is 5.56. The molecule has 160 valence electrons. The molecule has 1 fully saturated rings. The molecule has 0 saturated carbocycles. The second-order valence-electron chi connectivity index (χ2n) is 7.48. The summed E-state index contributed by atoms with van der Waals surface area (Å²) in [6, 6.07) is 11.2. The molecule has 1 heterocycles. The smallest absolute Gasteiger partial charge is 0.313 e. The summed E-state index contributed by atoms with van der Waals surface area (Å²) in [5.74, 6) is -1.79. The molecule has 1 aliphatic rings. The maximum absolute atomic E-state index is 13.4. The van der Waals surface area contributed by atoms with Crippen LogP contribution in [-0.4, -0.2) is 61.4 Å². The van der Waals surface area contributed by atoms with Crippen molar-refractivity contribution >= 4 is 29.1 Å². The fourth-order valence-corrected chi connectivity index (χ4v) is 3.64. The quantitative estimate of drug-likeness (QED) is 0.713. The van der Waals surface area contributed by atoms with Gasteiger partial charge in [-0.05, 0) is 49.4 Å². The fraction of sp³-hybridized carbons (Fsp3) is 0.364. The van der Waals surface area contributed by atoms with Gasteiger partial charge in [-0.15, -0.1) is 0 Å². The lowest BCUT2D eigenvalue weighted by Crippen LogP contribution is -2.49. The number of nitrogens with one attached hydrogen (secondary N) is 2. The van der Waals surface area contributed by atoms with Crippen LogP contribution in [0.4, 0.5) is 10.1 Å². The van der Waals surface area contributed by atoms with E-state index in [2.05, 4.69) is 27.5 Å². The number of nitrogens with zero attached hydrogens (tertiary/aromatic N) is 2. The first-order valence-corrected chi connectivity index (χ1v) is 10.3. The number of anilines is 1. The van der Waals surface area contributed by atoms with Crippen molar-refractivity contribution in [2.75, 3.05) is 45.1 Å². The maximum atomic E-state index is 13.4. The van der Waals surface area contributed by atoms with Gasteiger partial charge >= 0.3 is 11.8 Å². The SMILES string of the molecule is Cc1c(Cl)cccc1NC(=O)C(=O)NC[C@@H](c1ccc(F)cc1)N1CCN(C)CC1. The number of amides is 2.